The summed E-state index contributed by atoms with van der Waals surface area (Å²) < 4.78 is 8.11. The molecule has 1 N–H and O–H groups in total. The smallest absolute Gasteiger partial charge is 0.259 e. The molecule has 9 heteroatoms. The van der Waals surface area contributed by atoms with E-state index in [1.54, 1.807) is 11.0 Å². The van der Waals surface area contributed by atoms with Crippen molar-refractivity contribution in [3.8, 4) is 5.75 Å². The number of carbonyl (C=O) groups excluding carboxylic acids is 2. The molecule has 1 saturated heterocycles. The highest BCUT2D eigenvalue weighted by molar-refractivity contribution is 6.04. The molecule has 2 amide bonds. The van der Waals surface area contributed by atoms with Crippen molar-refractivity contribution in [2.45, 2.75) is 45.3 Å². The number of anilines is 1. The lowest BCUT2D eigenvalue weighted by Gasteiger charge is -2.26. The SMILES string of the molecule is C=CC(=O)N1CCCC[C@@H](n2c(NC(=O)c3ccnnc3)nc3cccc(OC(C)C)c32)C1. The summed E-state index contributed by atoms with van der Waals surface area (Å²) in [6.07, 6.45) is 6.88. The summed E-state index contributed by atoms with van der Waals surface area (Å²) in [5, 5.41) is 10.5. The molecule has 2 aromatic heterocycles. The van der Waals surface area contributed by atoms with E-state index in [0.29, 0.717) is 35.9 Å². The van der Waals surface area contributed by atoms with E-state index >= 15 is 0 Å². The predicted molar refractivity (Wildman–Crippen MR) is 125 cm³/mol. The van der Waals surface area contributed by atoms with Crippen molar-refractivity contribution in [2.75, 3.05) is 18.4 Å². The van der Waals surface area contributed by atoms with E-state index in [1.165, 1.54) is 18.5 Å². The number of hydrogen-bond acceptors (Lipinski definition) is 6. The van der Waals surface area contributed by atoms with Crippen molar-refractivity contribution in [2.24, 2.45) is 0 Å². The molecule has 172 valence electrons. The molecule has 4 rings (SSSR count). The van der Waals surface area contributed by atoms with Gasteiger partial charge in [0.05, 0.1) is 35.6 Å². The fourth-order valence-corrected chi connectivity index (χ4v) is 4.17. The van der Waals surface area contributed by atoms with Gasteiger partial charge in [-0.3, -0.25) is 14.9 Å². The maximum Gasteiger partial charge on any atom is 0.259 e. The van der Waals surface area contributed by atoms with Crippen LogP contribution in [0.4, 0.5) is 5.95 Å². The van der Waals surface area contributed by atoms with Crippen LogP contribution in [0.5, 0.6) is 5.75 Å². The highest BCUT2D eigenvalue weighted by Gasteiger charge is 2.28. The summed E-state index contributed by atoms with van der Waals surface area (Å²) in [4.78, 5) is 31.9. The Morgan fingerprint density at radius 2 is 2.09 bits per heavy atom. The topological polar surface area (TPSA) is 102 Å². The Kier molecular flexibility index (Phi) is 6.67. The summed E-state index contributed by atoms with van der Waals surface area (Å²) >= 11 is 0. The average molecular weight is 449 g/mol. The minimum atomic E-state index is -0.333. The quantitative estimate of drug-likeness (QED) is 0.578. The van der Waals surface area contributed by atoms with Crippen LogP contribution in [0, 0.1) is 0 Å². The van der Waals surface area contributed by atoms with Crippen molar-refractivity contribution in [3.05, 3.63) is 54.9 Å². The van der Waals surface area contributed by atoms with Crippen LogP contribution in [-0.4, -0.2) is 55.7 Å². The molecular formula is C24H28N6O3. The van der Waals surface area contributed by atoms with E-state index in [1.807, 2.05) is 36.6 Å². The zero-order chi connectivity index (χ0) is 23.4. The molecule has 0 bridgehead atoms. The third-order valence-corrected chi connectivity index (χ3v) is 5.61. The number of benzene rings is 1. The Morgan fingerprint density at radius 1 is 1.24 bits per heavy atom. The number of fused-ring (bicyclic) bond motifs is 1. The Balaban J connectivity index is 1.81. The van der Waals surface area contributed by atoms with Gasteiger partial charge in [0.25, 0.3) is 5.91 Å². The van der Waals surface area contributed by atoms with Crippen LogP contribution >= 0.6 is 0 Å². The number of nitrogens with one attached hydrogen (secondary N) is 1. The standard InChI is InChI=1S/C24H28N6O3/c1-4-21(31)29-13-6-5-8-18(15-29)30-22-19(9-7-10-20(22)33-16(2)3)27-24(30)28-23(32)17-11-12-25-26-14-17/h4,7,9-12,14,16,18H,1,5-6,8,13,15H2,2-3H3,(H,27,28,32)/t18-/m1/s1. The van der Waals surface area contributed by atoms with E-state index in [4.69, 9.17) is 9.72 Å². The number of para-hydroxylation sites is 1. The molecule has 3 aromatic rings. The zero-order valence-corrected chi connectivity index (χ0v) is 18.9. The predicted octanol–water partition coefficient (Wildman–Crippen LogP) is 3.61. The van der Waals surface area contributed by atoms with Gasteiger partial charge < -0.3 is 14.2 Å². The maximum atomic E-state index is 12.9. The number of ether oxygens (including phenoxy) is 1. The lowest BCUT2D eigenvalue weighted by molar-refractivity contribution is -0.126. The molecule has 0 radical (unpaired) electrons. The molecule has 1 fully saturated rings. The van der Waals surface area contributed by atoms with Gasteiger partial charge in [-0.25, -0.2) is 4.98 Å². The minimum Gasteiger partial charge on any atom is -0.489 e. The number of amides is 2. The summed E-state index contributed by atoms with van der Waals surface area (Å²) in [5.41, 5.74) is 1.89. The van der Waals surface area contributed by atoms with Gasteiger partial charge >= 0.3 is 0 Å². The molecule has 9 nitrogen and oxygen atoms in total. The molecule has 1 aliphatic heterocycles. The van der Waals surface area contributed by atoms with E-state index < -0.39 is 0 Å². The van der Waals surface area contributed by atoms with Gasteiger partial charge in [0, 0.05) is 13.1 Å². The van der Waals surface area contributed by atoms with Gasteiger partial charge in [-0.15, -0.1) is 0 Å². The van der Waals surface area contributed by atoms with Crippen LogP contribution in [0.3, 0.4) is 0 Å². The minimum absolute atomic E-state index is 0.0344. The van der Waals surface area contributed by atoms with Gasteiger partial charge in [0.15, 0.2) is 0 Å². The first-order valence-corrected chi connectivity index (χ1v) is 11.1. The first-order chi connectivity index (χ1) is 16.0. The molecule has 0 unspecified atom stereocenters. The fraction of sp³-hybridized carbons (Fsp3) is 0.375. The first kappa shape index (κ1) is 22.4. The van der Waals surface area contributed by atoms with Gasteiger partial charge in [0.2, 0.25) is 11.9 Å². The van der Waals surface area contributed by atoms with E-state index in [9.17, 15) is 9.59 Å². The molecule has 0 spiro atoms. The monoisotopic (exact) mass is 448 g/mol. The van der Waals surface area contributed by atoms with Crippen LogP contribution in [0.1, 0.15) is 49.5 Å². The van der Waals surface area contributed by atoms with Crippen LogP contribution in [0.25, 0.3) is 11.0 Å². The second kappa shape index (κ2) is 9.81. The molecular weight excluding hydrogens is 420 g/mol. The van der Waals surface area contributed by atoms with Crippen LogP contribution < -0.4 is 10.1 Å². The number of hydrogen-bond donors (Lipinski definition) is 1. The highest BCUT2D eigenvalue weighted by Crippen LogP contribution is 2.35. The third-order valence-electron chi connectivity index (χ3n) is 5.61. The van der Waals surface area contributed by atoms with Crippen LogP contribution in [0.15, 0.2) is 49.3 Å². The van der Waals surface area contributed by atoms with Crippen molar-refractivity contribution in [1.82, 2.24) is 24.6 Å². The molecule has 1 aliphatic rings. The van der Waals surface area contributed by atoms with Crippen LogP contribution in [0.2, 0.25) is 0 Å². The maximum absolute atomic E-state index is 12.9. The summed E-state index contributed by atoms with van der Waals surface area (Å²) in [5.74, 6) is 0.662. The van der Waals surface area contributed by atoms with Crippen molar-refractivity contribution in [3.63, 3.8) is 0 Å². The zero-order valence-electron chi connectivity index (χ0n) is 18.9. The number of nitrogens with zero attached hydrogens (tertiary/aromatic N) is 5. The van der Waals surface area contributed by atoms with Crippen molar-refractivity contribution >= 4 is 28.8 Å². The molecule has 0 aliphatic carbocycles. The van der Waals surface area contributed by atoms with Gasteiger partial charge in [0.1, 0.15) is 11.3 Å². The Bertz CT molecular complexity index is 1160. The second-order valence-electron chi connectivity index (χ2n) is 8.32. The molecule has 1 atom stereocenters. The largest absolute Gasteiger partial charge is 0.489 e. The number of carbonyl (C=O) groups is 2. The van der Waals surface area contributed by atoms with Crippen molar-refractivity contribution < 1.29 is 14.3 Å². The lowest BCUT2D eigenvalue weighted by atomic mass is 10.1. The summed E-state index contributed by atoms with van der Waals surface area (Å²) in [6.45, 7) is 8.74. The lowest BCUT2D eigenvalue weighted by Crippen LogP contribution is -2.34. The second-order valence-corrected chi connectivity index (χ2v) is 8.32. The third kappa shape index (κ3) is 4.87. The summed E-state index contributed by atoms with van der Waals surface area (Å²) in [6, 6.07) is 7.19. The van der Waals surface area contributed by atoms with E-state index in [2.05, 4.69) is 22.1 Å². The molecule has 1 aromatic carbocycles. The Hall–Kier alpha value is -3.75. The number of rotatable bonds is 6. The van der Waals surface area contributed by atoms with Gasteiger partial charge in [-0.1, -0.05) is 12.6 Å². The van der Waals surface area contributed by atoms with E-state index in [-0.39, 0.29) is 24.0 Å². The molecule has 0 saturated carbocycles. The molecule has 33 heavy (non-hydrogen) atoms. The summed E-state index contributed by atoms with van der Waals surface area (Å²) in [7, 11) is 0. The van der Waals surface area contributed by atoms with Gasteiger partial charge in [-0.2, -0.15) is 10.2 Å². The van der Waals surface area contributed by atoms with Crippen molar-refractivity contribution in [1.29, 1.82) is 0 Å². The Morgan fingerprint density at radius 3 is 2.82 bits per heavy atom. The number of likely N-dealkylation sites (tertiary alicyclic amines) is 1. The first-order valence-electron chi connectivity index (χ1n) is 11.1. The van der Waals surface area contributed by atoms with Crippen LogP contribution in [-0.2, 0) is 4.79 Å². The normalized spacial score (nSPS) is 16.5. The number of aromatic nitrogens is 4. The molecule has 3 heterocycles. The number of imidazole rings is 1. The van der Waals surface area contributed by atoms with E-state index in [0.717, 1.165) is 24.8 Å². The van der Waals surface area contributed by atoms with Gasteiger partial charge in [-0.05, 0) is 57.4 Å². The Labute approximate surface area is 192 Å². The fourth-order valence-electron chi connectivity index (χ4n) is 4.17. The highest BCUT2D eigenvalue weighted by atomic mass is 16.5. The average Bonchev–Trinajstić information content (AvgIpc) is 3.00.